The fourth-order valence-electron chi connectivity index (χ4n) is 6.25. The van der Waals surface area contributed by atoms with E-state index in [2.05, 4.69) is 25.7 Å². The molecular weight excluding hydrogens is 606 g/mol. The number of rotatable bonds is 14. The van der Waals surface area contributed by atoms with Crippen molar-refractivity contribution in [1.29, 1.82) is 0 Å². The first-order valence-electron chi connectivity index (χ1n) is 17.3. The highest BCUT2D eigenvalue weighted by molar-refractivity contribution is 6.03. The Labute approximate surface area is 287 Å². The molecular formula is C39H55N3O6. The lowest BCUT2D eigenvalue weighted by atomic mass is 9.90. The van der Waals surface area contributed by atoms with Gasteiger partial charge >= 0.3 is 12.2 Å². The third-order valence-electron chi connectivity index (χ3n) is 9.16. The molecule has 2 fully saturated rings. The SMILES string of the molecule is C=C(CCCC)C(=O)N1C(=O)OC(C)(C)[C@@H]1Cc1ccccc1.CCCC[C@H](CNC)C(=O)N1C(=O)OC(C)(C)[C@@H]1Cc1ccccc1. The van der Waals surface area contributed by atoms with E-state index in [4.69, 9.17) is 9.47 Å². The van der Waals surface area contributed by atoms with Crippen LogP contribution in [0.3, 0.4) is 0 Å². The summed E-state index contributed by atoms with van der Waals surface area (Å²) in [5.41, 5.74) is 1.22. The number of cyclic esters (lactones) is 2. The molecule has 2 heterocycles. The molecule has 3 atom stereocenters. The number of carbonyl (C=O) groups is 4. The third kappa shape index (κ3) is 9.78. The third-order valence-corrected chi connectivity index (χ3v) is 9.16. The number of nitrogens with zero attached hydrogens (tertiary/aromatic N) is 2. The van der Waals surface area contributed by atoms with E-state index in [1.54, 1.807) is 0 Å². The average molecular weight is 662 g/mol. The van der Waals surface area contributed by atoms with Crippen LogP contribution < -0.4 is 5.32 Å². The van der Waals surface area contributed by atoms with Crippen LogP contribution in [0.5, 0.6) is 0 Å². The highest BCUT2D eigenvalue weighted by Crippen LogP contribution is 2.35. The number of hydrogen-bond donors (Lipinski definition) is 1. The highest BCUT2D eigenvalue weighted by Gasteiger charge is 2.52. The summed E-state index contributed by atoms with van der Waals surface area (Å²) in [6.07, 6.45) is 5.33. The van der Waals surface area contributed by atoms with Gasteiger partial charge in [-0.05, 0) is 78.0 Å². The van der Waals surface area contributed by atoms with Crippen LogP contribution in [0.1, 0.15) is 91.2 Å². The van der Waals surface area contributed by atoms with Crippen LogP contribution in [-0.4, -0.2) is 70.7 Å². The molecule has 2 aromatic carbocycles. The maximum absolute atomic E-state index is 13.1. The highest BCUT2D eigenvalue weighted by atomic mass is 16.6. The molecule has 0 spiro atoms. The summed E-state index contributed by atoms with van der Waals surface area (Å²) in [5.74, 6) is -0.640. The van der Waals surface area contributed by atoms with Crippen LogP contribution in [0, 0.1) is 5.92 Å². The van der Waals surface area contributed by atoms with Gasteiger partial charge < -0.3 is 14.8 Å². The number of carbonyl (C=O) groups excluding carboxylic acids is 4. The first kappa shape index (κ1) is 38.5. The van der Waals surface area contributed by atoms with Crippen molar-refractivity contribution in [3.63, 3.8) is 0 Å². The van der Waals surface area contributed by atoms with Crippen molar-refractivity contribution in [2.75, 3.05) is 13.6 Å². The maximum Gasteiger partial charge on any atom is 0.417 e. The summed E-state index contributed by atoms with van der Waals surface area (Å²) in [4.78, 5) is 53.2. The largest absolute Gasteiger partial charge is 0.441 e. The zero-order valence-corrected chi connectivity index (χ0v) is 29.9. The Morgan fingerprint density at radius 1 is 0.792 bits per heavy atom. The van der Waals surface area contributed by atoms with Gasteiger partial charge in [0.25, 0.3) is 5.91 Å². The second-order valence-corrected chi connectivity index (χ2v) is 13.8. The normalized spacial score (nSPS) is 20.0. The van der Waals surface area contributed by atoms with Gasteiger partial charge in [0.15, 0.2) is 0 Å². The van der Waals surface area contributed by atoms with Crippen molar-refractivity contribution in [3.8, 4) is 0 Å². The number of benzene rings is 2. The van der Waals surface area contributed by atoms with Crippen LogP contribution in [0.2, 0.25) is 0 Å². The monoisotopic (exact) mass is 661 g/mol. The van der Waals surface area contributed by atoms with E-state index in [9.17, 15) is 19.2 Å². The molecule has 2 saturated heterocycles. The van der Waals surface area contributed by atoms with E-state index in [1.165, 1.54) is 9.80 Å². The van der Waals surface area contributed by atoms with Gasteiger partial charge in [-0.2, -0.15) is 0 Å². The second kappa shape index (κ2) is 17.4. The molecule has 4 rings (SSSR count). The van der Waals surface area contributed by atoms with Gasteiger partial charge in [0.1, 0.15) is 11.2 Å². The van der Waals surface area contributed by atoms with E-state index in [1.807, 2.05) is 95.4 Å². The van der Waals surface area contributed by atoms with Crippen LogP contribution in [-0.2, 0) is 31.9 Å². The number of hydrogen-bond acceptors (Lipinski definition) is 7. The molecule has 1 N–H and O–H groups in total. The van der Waals surface area contributed by atoms with Crippen molar-refractivity contribution in [3.05, 3.63) is 83.9 Å². The summed E-state index contributed by atoms with van der Waals surface area (Å²) < 4.78 is 11.0. The van der Waals surface area contributed by atoms with Gasteiger partial charge in [0.05, 0.1) is 18.0 Å². The number of amides is 4. The van der Waals surface area contributed by atoms with Crippen molar-refractivity contribution in [1.82, 2.24) is 15.1 Å². The summed E-state index contributed by atoms with van der Waals surface area (Å²) in [5, 5.41) is 3.08. The van der Waals surface area contributed by atoms with E-state index in [0.717, 1.165) is 43.2 Å². The predicted molar refractivity (Wildman–Crippen MR) is 188 cm³/mol. The van der Waals surface area contributed by atoms with E-state index in [0.29, 0.717) is 31.4 Å². The minimum atomic E-state index is -0.715. The van der Waals surface area contributed by atoms with Gasteiger partial charge in [0, 0.05) is 12.1 Å². The Morgan fingerprint density at radius 2 is 1.25 bits per heavy atom. The molecule has 9 heteroatoms. The first-order valence-corrected chi connectivity index (χ1v) is 17.3. The lowest BCUT2D eigenvalue weighted by Gasteiger charge is -2.30. The zero-order valence-electron chi connectivity index (χ0n) is 29.9. The van der Waals surface area contributed by atoms with Gasteiger partial charge in [-0.3, -0.25) is 9.59 Å². The fraction of sp³-hybridized carbons (Fsp3) is 0.538. The Kier molecular flexibility index (Phi) is 14.0. The smallest absolute Gasteiger partial charge is 0.417 e. The summed E-state index contributed by atoms with van der Waals surface area (Å²) in [6, 6.07) is 19.1. The van der Waals surface area contributed by atoms with Crippen molar-refractivity contribution < 1.29 is 28.7 Å². The Balaban J connectivity index is 0.000000261. The second-order valence-electron chi connectivity index (χ2n) is 13.8. The Bertz CT molecular complexity index is 1390. The lowest BCUT2D eigenvalue weighted by Crippen LogP contribution is -2.49. The average Bonchev–Trinajstić information content (AvgIpc) is 3.42. The Hall–Kier alpha value is -3.98. The van der Waals surface area contributed by atoms with Gasteiger partial charge in [-0.25, -0.2) is 19.4 Å². The number of unbranched alkanes of at least 4 members (excludes halogenated alkanes) is 2. The molecule has 262 valence electrons. The predicted octanol–water partition coefficient (Wildman–Crippen LogP) is 7.48. The number of nitrogens with one attached hydrogen (secondary N) is 1. The molecule has 0 aromatic heterocycles. The quantitative estimate of drug-likeness (QED) is 0.209. The van der Waals surface area contributed by atoms with Crippen molar-refractivity contribution in [2.24, 2.45) is 5.92 Å². The van der Waals surface area contributed by atoms with Crippen LogP contribution in [0.25, 0.3) is 0 Å². The van der Waals surface area contributed by atoms with E-state index >= 15 is 0 Å². The minimum Gasteiger partial charge on any atom is -0.441 e. The van der Waals surface area contributed by atoms with Gasteiger partial charge in [-0.15, -0.1) is 0 Å². The molecule has 0 bridgehead atoms. The Morgan fingerprint density at radius 3 is 1.71 bits per heavy atom. The fourth-order valence-corrected chi connectivity index (χ4v) is 6.25. The molecule has 48 heavy (non-hydrogen) atoms. The van der Waals surface area contributed by atoms with Crippen LogP contribution in [0.4, 0.5) is 9.59 Å². The molecule has 9 nitrogen and oxygen atoms in total. The topological polar surface area (TPSA) is 105 Å². The van der Waals surface area contributed by atoms with E-state index < -0.39 is 23.4 Å². The minimum absolute atomic E-state index is 0.126. The molecule has 4 amide bonds. The number of ether oxygens (including phenoxy) is 2. The van der Waals surface area contributed by atoms with Gasteiger partial charge in [-0.1, -0.05) is 100 Å². The summed E-state index contributed by atoms with van der Waals surface area (Å²) in [6.45, 7) is 16.0. The first-order chi connectivity index (χ1) is 22.8. The maximum atomic E-state index is 13.1. The molecule has 0 radical (unpaired) electrons. The van der Waals surface area contributed by atoms with Crippen molar-refractivity contribution in [2.45, 2.75) is 116 Å². The molecule has 2 aromatic rings. The summed E-state index contributed by atoms with van der Waals surface area (Å²) in [7, 11) is 1.83. The van der Waals surface area contributed by atoms with Crippen LogP contribution >= 0.6 is 0 Å². The summed E-state index contributed by atoms with van der Waals surface area (Å²) >= 11 is 0. The lowest BCUT2D eigenvalue weighted by molar-refractivity contribution is -0.134. The zero-order chi connectivity index (χ0) is 35.5. The number of imide groups is 2. The van der Waals surface area contributed by atoms with Gasteiger partial charge in [0.2, 0.25) is 5.91 Å². The molecule has 2 aliphatic rings. The molecule has 0 saturated carbocycles. The van der Waals surface area contributed by atoms with E-state index in [-0.39, 0.29) is 29.8 Å². The molecule has 0 unspecified atom stereocenters. The van der Waals surface area contributed by atoms with Crippen LogP contribution in [0.15, 0.2) is 72.8 Å². The molecule has 2 aliphatic heterocycles. The van der Waals surface area contributed by atoms with Crippen molar-refractivity contribution >= 4 is 24.0 Å². The standard InChI is InChI=1S/C20H30N2O3.C19H25NO3/c1-5-6-12-16(14-21-4)18(23)22-17(20(2,3)25-19(22)24)13-15-10-8-7-9-11-15;1-5-6-10-14(2)17(21)20-16(19(3,4)23-18(20)22)13-15-11-8-7-9-12-15/h7-11,16-17,21H,5-6,12-14H2,1-4H3;7-9,11-12,16H,2,5-6,10,13H2,1,3-4H3/t16-,17+;16-/m10/s1. The molecule has 0 aliphatic carbocycles.